The molecule has 43 heavy (non-hydrogen) atoms. The Bertz CT molecular complexity index is 1480. The van der Waals surface area contributed by atoms with E-state index in [1.54, 1.807) is 30.6 Å². The van der Waals surface area contributed by atoms with Crippen LogP contribution in [0.2, 0.25) is 0 Å². The molecule has 2 amide bonds. The minimum atomic E-state index is -0.725. The molecule has 3 aliphatic rings. The second-order valence-electron chi connectivity index (χ2n) is 11.3. The van der Waals surface area contributed by atoms with Crippen LogP contribution in [0.15, 0.2) is 55.1 Å². The first-order chi connectivity index (χ1) is 20.8. The summed E-state index contributed by atoms with van der Waals surface area (Å²) < 4.78 is 40.4. The standard InChI is InChI=1S/C31H33F2N5O5/c32-20-2-5-23(25(33)10-20)19-1-4-24-28(9-19)42-8-7-22-3-6-27(39)29(43-22)14-36-31(41)26-11-21(37-30(24)40)16-38(26)15-18-12-34-17-35-13-18/h1-2,4-5,9-10,12-13,17,21-22,26-27,29,39H,3,6-8,11,14-16H2,(H,36,41)(H,37,40)/t21-,22-,26-,27-,29+/m0/s1. The van der Waals surface area contributed by atoms with E-state index in [2.05, 4.69) is 20.6 Å². The van der Waals surface area contributed by atoms with Gasteiger partial charge in [0, 0.05) is 61.7 Å². The summed E-state index contributed by atoms with van der Waals surface area (Å²) in [6.45, 7) is 1.16. The topological polar surface area (TPSA) is 126 Å². The summed E-state index contributed by atoms with van der Waals surface area (Å²) in [6, 6.07) is 7.17. The van der Waals surface area contributed by atoms with E-state index in [9.17, 15) is 23.5 Å². The van der Waals surface area contributed by atoms with Crippen LogP contribution in [0.25, 0.3) is 11.1 Å². The van der Waals surface area contributed by atoms with Crippen LogP contribution in [0.3, 0.4) is 0 Å². The number of benzene rings is 2. The molecule has 226 valence electrons. The number of ether oxygens (including phenoxy) is 2. The van der Waals surface area contributed by atoms with Crippen molar-refractivity contribution in [1.82, 2.24) is 25.5 Å². The maximum Gasteiger partial charge on any atom is 0.255 e. The van der Waals surface area contributed by atoms with E-state index in [1.807, 2.05) is 4.90 Å². The predicted molar refractivity (Wildman–Crippen MR) is 151 cm³/mol. The lowest BCUT2D eigenvalue weighted by atomic mass is 9.99. The molecule has 4 bridgehead atoms. The van der Waals surface area contributed by atoms with E-state index in [0.29, 0.717) is 44.3 Å². The van der Waals surface area contributed by atoms with Gasteiger partial charge in [0.15, 0.2) is 0 Å². The molecular weight excluding hydrogens is 560 g/mol. The van der Waals surface area contributed by atoms with Gasteiger partial charge < -0.3 is 25.2 Å². The van der Waals surface area contributed by atoms with Crippen LogP contribution in [0, 0.1) is 11.6 Å². The number of amides is 2. The summed E-state index contributed by atoms with van der Waals surface area (Å²) in [7, 11) is 0. The van der Waals surface area contributed by atoms with Gasteiger partial charge in [0.25, 0.3) is 5.91 Å². The maximum absolute atomic E-state index is 14.6. The summed E-state index contributed by atoms with van der Waals surface area (Å²) in [5, 5.41) is 16.6. The van der Waals surface area contributed by atoms with Gasteiger partial charge in [-0.3, -0.25) is 14.5 Å². The number of rotatable bonds is 3. The summed E-state index contributed by atoms with van der Waals surface area (Å²) in [5.41, 5.74) is 1.70. The zero-order valence-electron chi connectivity index (χ0n) is 23.4. The van der Waals surface area contributed by atoms with Crippen molar-refractivity contribution in [2.75, 3.05) is 19.7 Å². The lowest BCUT2D eigenvalue weighted by molar-refractivity contribution is -0.133. The Labute approximate surface area is 247 Å². The van der Waals surface area contributed by atoms with E-state index in [-0.39, 0.29) is 54.0 Å². The quantitative estimate of drug-likeness (QED) is 0.423. The number of likely N-dealkylation sites (tertiary alicyclic amines) is 1. The fourth-order valence-electron chi connectivity index (χ4n) is 6.05. The normalized spacial score (nSPS) is 26.6. The van der Waals surface area contributed by atoms with E-state index in [4.69, 9.17) is 9.47 Å². The van der Waals surface area contributed by atoms with Gasteiger partial charge in [-0.15, -0.1) is 0 Å². The molecule has 2 fully saturated rings. The number of hydrogen-bond donors (Lipinski definition) is 3. The Morgan fingerprint density at radius 1 is 1.02 bits per heavy atom. The van der Waals surface area contributed by atoms with Gasteiger partial charge in [-0.05, 0) is 49.1 Å². The Morgan fingerprint density at radius 3 is 2.65 bits per heavy atom. The van der Waals surface area contributed by atoms with Crippen molar-refractivity contribution >= 4 is 11.8 Å². The Balaban J connectivity index is 1.30. The third-order valence-corrected chi connectivity index (χ3v) is 8.27. The molecular formula is C31H33F2N5O5. The summed E-state index contributed by atoms with van der Waals surface area (Å²) in [4.78, 5) is 37.1. The van der Waals surface area contributed by atoms with Crippen LogP contribution >= 0.6 is 0 Å². The highest BCUT2D eigenvalue weighted by molar-refractivity contribution is 5.98. The number of nitrogens with one attached hydrogen (secondary N) is 2. The number of nitrogens with zero attached hydrogens (tertiary/aromatic N) is 3. The molecule has 0 aliphatic carbocycles. The van der Waals surface area contributed by atoms with Crippen molar-refractivity contribution in [2.24, 2.45) is 0 Å². The van der Waals surface area contributed by atoms with Gasteiger partial charge in [-0.25, -0.2) is 18.7 Å². The summed E-state index contributed by atoms with van der Waals surface area (Å²) in [6.07, 6.45) is 5.27. The number of aliphatic hydroxyl groups is 1. The van der Waals surface area contributed by atoms with Gasteiger partial charge >= 0.3 is 0 Å². The molecule has 12 heteroatoms. The number of aromatic nitrogens is 2. The third-order valence-electron chi connectivity index (χ3n) is 8.27. The average Bonchev–Trinajstić information content (AvgIpc) is 3.39. The highest BCUT2D eigenvalue weighted by atomic mass is 19.1. The molecule has 3 aromatic rings. The number of carbonyl (C=O) groups excluding carboxylic acids is 2. The monoisotopic (exact) mass is 593 g/mol. The van der Waals surface area contributed by atoms with Crippen molar-refractivity contribution in [3.8, 4) is 16.9 Å². The third kappa shape index (κ3) is 6.66. The number of hydrogen-bond acceptors (Lipinski definition) is 8. The number of halogens is 2. The van der Waals surface area contributed by atoms with Gasteiger partial charge in [0.2, 0.25) is 5.91 Å². The van der Waals surface area contributed by atoms with Crippen molar-refractivity contribution < 1.29 is 33.0 Å². The molecule has 10 nitrogen and oxygen atoms in total. The molecule has 2 saturated heterocycles. The van der Waals surface area contributed by atoms with Crippen LogP contribution in [0.1, 0.15) is 41.6 Å². The van der Waals surface area contributed by atoms with Crippen molar-refractivity contribution in [1.29, 1.82) is 0 Å². The SMILES string of the molecule is O=C1N[C@H]2C[C@@H](C(=O)NC[C@H]3O[C@H](CCOc4cc(-c5ccc(F)cc5F)ccc41)CC[C@@H]3O)N(Cc1cncnc1)C2. The lowest BCUT2D eigenvalue weighted by Crippen LogP contribution is -2.50. The molecule has 0 spiro atoms. The molecule has 0 unspecified atom stereocenters. The summed E-state index contributed by atoms with van der Waals surface area (Å²) >= 11 is 0. The average molecular weight is 594 g/mol. The second kappa shape index (κ2) is 12.7. The van der Waals surface area contributed by atoms with Crippen LogP contribution in [-0.4, -0.2) is 81.9 Å². The van der Waals surface area contributed by atoms with E-state index in [1.165, 1.54) is 18.5 Å². The smallest absolute Gasteiger partial charge is 0.255 e. The zero-order chi connectivity index (χ0) is 29.9. The Hall–Kier alpha value is -4.00. The van der Waals surface area contributed by atoms with Crippen molar-refractivity contribution in [2.45, 2.75) is 62.6 Å². The minimum Gasteiger partial charge on any atom is -0.493 e. The zero-order valence-corrected chi connectivity index (χ0v) is 23.4. The molecule has 3 aliphatic heterocycles. The minimum absolute atomic E-state index is 0.155. The lowest BCUT2D eigenvalue weighted by Gasteiger charge is -2.34. The molecule has 5 atom stereocenters. The first-order valence-corrected chi connectivity index (χ1v) is 14.5. The van der Waals surface area contributed by atoms with Gasteiger partial charge in [0.05, 0.1) is 30.4 Å². The Kier molecular flexibility index (Phi) is 8.59. The van der Waals surface area contributed by atoms with Crippen LogP contribution < -0.4 is 15.4 Å². The summed E-state index contributed by atoms with van der Waals surface area (Å²) in [5.74, 6) is -1.76. The fourth-order valence-corrected chi connectivity index (χ4v) is 6.05. The van der Waals surface area contributed by atoms with Crippen LogP contribution in [-0.2, 0) is 16.1 Å². The number of carbonyl (C=O) groups is 2. The Morgan fingerprint density at radius 2 is 1.84 bits per heavy atom. The van der Waals surface area contributed by atoms with Gasteiger partial charge in [-0.2, -0.15) is 0 Å². The number of fused-ring (bicyclic) bond motifs is 5. The molecule has 1 aromatic heterocycles. The largest absolute Gasteiger partial charge is 0.493 e. The molecule has 0 radical (unpaired) electrons. The highest BCUT2D eigenvalue weighted by Gasteiger charge is 2.39. The predicted octanol–water partition coefficient (Wildman–Crippen LogP) is 2.60. The van der Waals surface area contributed by atoms with Crippen LogP contribution in [0.4, 0.5) is 8.78 Å². The van der Waals surface area contributed by atoms with Gasteiger partial charge in [-0.1, -0.05) is 6.07 Å². The number of aliphatic hydroxyl groups excluding tert-OH is 1. The van der Waals surface area contributed by atoms with E-state index >= 15 is 0 Å². The van der Waals surface area contributed by atoms with Crippen LogP contribution in [0.5, 0.6) is 5.75 Å². The van der Waals surface area contributed by atoms with Crippen molar-refractivity contribution in [3.05, 3.63) is 77.9 Å². The molecule has 0 saturated carbocycles. The van der Waals surface area contributed by atoms with Crippen molar-refractivity contribution in [3.63, 3.8) is 0 Å². The fraction of sp³-hybridized carbons (Fsp3) is 0.419. The first-order valence-electron chi connectivity index (χ1n) is 14.5. The molecule has 6 rings (SSSR count). The molecule has 2 aromatic carbocycles. The van der Waals surface area contributed by atoms with E-state index in [0.717, 1.165) is 11.6 Å². The molecule has 4 heterocycles. The first kappa shape index (κ1) is 29.1. The highest BCUT2D eigenvalue weighted by Crippen LogP contribution is 2.31. The van der Waals surface area contributed by atoms with Gasteiger partial charge in [0.1, 0.15) is 29.8 Å². The maximum atomic E-state index is 14.6. The van der Waals surface area contributed by atoms with E-state index < -0.39 is 29.9 Å². The second-order valence-corrected chi connectivity index (χ2v) is 11.3. The molecule has 3 N–H and O–H groups in total.